The molecule has 1 heterocycles. The zero-order valence-electron chi connectivity index (χ0n) is 19.7. The van der Waals surface area contributed by atoms with E-state index in [9.17, 15) is 19.7 Å². The Labute approximate surface area is 209 Å². The summed E-state index contributed by atoms with van der Waals surface area (Å²) in [5, 5.41) is 16.4. The van der Waals surface area contributed by atoms with Crippen molar-refractivity contribution in [3.63, 3.8) is 0 Å². The predicted molar refractivity (Wildman–Crippen MR) is 135 cm³/mol. The third-order valence-electron chi connectivity index (χ3n) is 5.33. The zero-order chi connectivity index (χ0) is 25.7. The number of carbonyl (C=O) groups is 1. The molecule has 2 atom stereocenters. The molecule has 0 spiro atoms. The van der Waals surface area contributed by atoms with Crippen molar-refractivity contribution in [1.82, 2.24) is 9.66 Å². The number of hydrogen-bond donors (Lipinski definition) is 0. The molecule has 0 N–H and O–H groups in total. The maximum Gasteiger partial charge on any atom is 0.347 e. The van der Waals surface area contributed by atoms with E-state index in [-0.39, 0.29) is 35.1 Å². The highest BCUT2D eigenvalue weighted by Gasteiger charge is 2.24. The van der Waals surface area contributed by atoms with Gasteiger partial charge < -0.3 is 9.47 Å². The van der Waals surface area contributed by atoms with Crippen molar-refractivity contribution in [3.05, 3.63) is 72.7 Å². The van der Waals surface area contributed by atoms with E-state index < -0.39 is 17.0 Å². The third kappa shape index (κ3) is 5.73. The van der Waals surface area contributed by atoms with E-state index >= 15 is 0 Å². The number of benzene rings is 2. The van der Waals surface area contributed by atoms with Gasteiger partial charge in [0.1, 0.15) is 5.82 Å². The fraction of sp³-hybridized carbons (Fsp3) is 0.333. The zero-order valence-corrected chi connectivity index (χ0v) is 21.3. The molecular weight excluding hydrogens is 520 g/mol. The van der Waals surface area contributed by atoms with E-state index in [1.165, 1.54) is 29.9 Å². The van der Waals surface area contributed by atoms with Crippen LogP contribution in [0.5, 0.6) is 5.75 Å². The maximum atomic E-state index is 13.3. The number of nitro benzene ring substituents is 1. The van der Waals surface area contributed by atoms with Gasteiger partial charge in [0.05, 0.1) is 28.6 Å². The van der Waals surface area contributed by atoms with Gasteiger partial charge >= 0.3 is 11.7 Å². The maximum absolute atomic E-state index is 13.3. The van der Waals surface area contributed by atoms with Gasteiger partial charge in [0.15, 0.2) is 6.10 Å². The molecule has 3 aromatic rings. The summed E-state index contributed by atoms with van der Waals surface area (Å²) in [6, 6.07) is 9.50. The third-order valence-corrected chi connectivity index (χ3v) is 5.83. The van der Waals surface area contributed by atoms with Crippen molar-refractivity contribution in [2.24, 2.45) is 5.10 Å². The number of aromatic nitrogens is 2. The molecule has 0 amide bonds. The second-order valence-corrected chi connectivity index (χ2v) is 8.68. The number of para-hydroxylation sites is 1. The van der Waals surface area contributed by atoms with Gasteiger partial charge in [-0.1, -0.05) is 35.8 Å². The number of fused-ring (bicyclic) bond motifs is 1. The number of carbonyl (C=O) groups excluding carboxylic acids is 1. The Kier molecular flexibility index (Phi) is 8.34. The van der Waals surface area contributed by atoms with Gasteiger partial charge in [0.25, 0.3) is 5.56 Å². The van der Waals surface area contributed by atoms with Crippen LogP contribution in [0.4, 0.5) is 5.69 Å². The Hall–Kier alpha value is -3.60. The fourth-order valence-corrected chi connectivity index (χ4v) is 3.66. The van der Waals surface area contributed by atoms with Gasteiger partial charge in [0, 0.05) is 22.0 Å². The Morgan fingerprint density at radius 3 is 2.69 bits per heavy atom. The van der Waals surface area contributed by atoms with E-state index in [0.717, 1.165) is 4.47 Å². The number of ether oxygens (including phenoxy) is 2. The standard InChI is InChI=1S/C24H25BrN4O6/c1-5-14(3)22-27-19-11-10-17(25)12-18(19)23(30)28(22)26-13-16-8-7-9-20(29(32)33)21(16)35-15(4)24(31)34-6-2/h7-15H,5-6H2,1-4H3/t14-,15+/m0/s1. The summed E-state index contributed by atoms with van der Waals surface area (Å²) in [4.78, 5) is 41.1. The van der Waals surface area contributed by atoms with Crippen LogP contribution in [0, 0.1) is 10.1 Å². The summed E-state index contributed by atoms with van der Waals surface area (Å²) in [7, 11) is 0. The Morgan fingerprint density at radius 2 is 2.03 bits per heavy atom. The average Bonchev–Trinajstić information content (AvgIpc) is 2.83. The second-order valence-electron chi connectivity index (χ2n) is 7.77. The lowest BCUT2D eigenvalue weighted by atomic mass is 10.1. The minimum Gasteiger partial charge on any atom is -0.471 e. The summed E-state index contributed by atoms with van der Waals surface area (Å²) in [5.74, 6) is -0.446. The quantitative estimate of drug-likeness (QED) is 0.164. The van der Waals surface area contributed by atoms with Gasteiger partial charge in [-0.15, -0.1) is 0 Å². The van der Waals surface area contributed by atoms with Gasteiger partial charge in [-0.25, -0.2) is 9.78 Å². The smallest absolute Gasteiger partial charge is 0.347 e. The molecule has 0 saturated heterocycles. The van der Waals surface area contributed by atoms with Crippen LogP contribution in [0.25, 0.3) is 10.9 Å². The molecule has 0 saturated carbocycles. The van der Waals surface area contributed by atoms with E-state index in [1.54, 1.807) is 31.2 Å². The van der Waals surface area contributed by atoms with Crippen LogP contribution >= 0.6 is 15.9 Å². The Bertz CT molecular complexity index is 1350. The van der Waals surface area contributed by atoms with Crippen LogP contribution in [-0.4, -0.2) is 39.5 Å². The monoisotopic (exact) mass is 544 g/mol. The normalized spacial score (nSPS) is 13.1. The molecule has 0 bridgehead atoms. The molecule has 2 aromatic carbocycles. The van der Waals surface area contributed by atoms with Gasteiger partial charge in [-0.2, -0.15) is 9.78 Å². The molecule has 0 fully saturated rings. The molecule has 0 aliphatic heterocycles. The van der Waals surface area contributed by atoms with Gasteiger partial charge in [0.2, 0.25) is 5.75 Å². The first-order valence-corrected chi connectivity index (χ1v) is 11.8. The van der Waals surface area contributed by atoms with E-state index in [2.05, 4.69) is 26.0 Å². The molecule has 0 unspecified atom stereocenters. The molecule has 10 nitrogen and oxygen atoms in total. The highest BCUT2D eigenvalue weighted by Crippen LogP contribution is 2.31. The SMILES string of the molecule is CCOC(=O)[C@@H](C)Oc1c(C=Nn2c([C@@H](C)CC)nc3ccc(Br)cc3c2=O)cccc1[N+](=O)[O-]. The molecule has 3 rings (SSSR count). The van der Waals surface area contributed by atoms with Crippen molar-refractivity contribution in [2.75, 3.05) is 6.61 Å². The van der Waals surface area contributed by atoms with Crippen molar-refractivity contribution in [3.8, 4) is 5.75 Å². The topological polar surface area (TPSA) is 126 Å². The summed E-state index contributed by atoms with van der Waals surface area (Å²) >= 11 is 3.37. The first-order chi connectivity index (χ1) is 16.7. The van der Waals surface area contributed by atoms with Crippen LogP contribution in [-0.2, 0) is 9.53 Å². The van der Waals surface area contributed by atoms with E-state index in [1.807, 2.05) is 13.8 Å². The lowest BCUT2D eigenvalue weighted by Crippen LogP contribution is -2.27. The van der Waals surface area contributed by atoms with Crippen molar-refractivity contribution < 1.29 is 19.2 Å². The summed E-state index contributed by atoms with van der Waals surface area (Å²) in [6.07, 6.45) is 0.909. The number of rotatable bonds is 9. The average molecular weight is 545 g/mol. The Morgan fingerprint density at radius 1 is 1.29 bits per heavy atom. The first kappa shape index (κ1) is 26.0. The first-order valence-electron chi connectivity index (χ1n) is 11.0. The van der Waals surface area contributed by atoms with Crippen molar-refractivity contribution in [2.45, 2.75) is 46.1 Å². The fourth-order valence-electron chi connectivity index (χ4n) is 3.30. The molecule has 0 radical (unpaired) electrons. The minimum absolute atomic E-state index is 0.0856. The number of hydrogen-bond acceptors (Lipinski definition) is 8. The van der Waals surface area contributed by atoms with E-state index in [0.29, 0.717) is 23.1 Å². The molecule has 35 heavy (non-hydrogen) atoms. The lowest BCUT2D eigenvalue weighted by molar-refractivity contribution is -0.386. The van der Waals surface area contributed by atoms with Gasteiger partial charge in [-0.05, 0) is 44.5 Å². The number of nitro groups is 1. The lowest BCUT2D eigenvalue weighted by Gasteiger charge is -2.16. The molecule has 184 valence electrons. The molecule has 0 aliphatic carbocycles. The summed E-state index contributed by atoms with van der Waals surface area (Å²) in [6.45, 7) is 7.13. The van der Waals surface area contributed by atoms with Crippen molar-refractivity contribution >= 4 is 44.7 Å². The van der Waals surface area contributed by atoms with Crippen LogP contribution in [0.3, 0.4) is 0 Å². The largest absolute Gasteiger partial charge is 0.471 e. The van der Waals surface area contributed by atoms with Crippen LogP contribution < -0.4 is 10.3 Å². The molecule has 1 aromatic heterocycles. The highest BCUT2D eigenvalue weighted by atomic mass is 79.9. The summed E-state index contributed by atoms with van der Waals surface area (Å²) < 4.78 is 12.5. The second kappa shape index (κ2) is 11.2. The van der Waals surface area contributed by atoms with E-state index in [4.69, 9.17) is 9.47 Å². The number of nitrogens with zero attached hydrogens (tertiary/aromatic N) is 4. The van der Waals surface area contributed by atoms with Crippen molar-refractivity contribution in [1.29, 1.82) is 0 Å². The highest BCUT2D eigenvalue weighted by molar-refractivity contribution is 9.10. The molecular formula is C24H25BrN4O6. The van der Waals surface area contributed by atoms with Crippen LogP contribution in [0.1, 0.15) is 51.4 Å². The minimum atomic E-state index is -1.10. The summed E-state index contributed by atoms with van der Waals surface area (Å²) in [5.41, 5.74) is 0.0325. The number of halogens is 1. The number of esters is 1. The molecule has 0 aliphatic rings. The predicted octanol–water partition coefficient (Wildman–Crippen LogP) is 4.79. The van der Waals surface area contributed by atoms with Crippen LogP contribution in [0.2, 0.25) is 0 Å². The van der Waals surface area contributed by atoms with Crippen LogP contribution in [0.15, 0.2) is 50.8 Å². The van der Waals surface area contributed by atoms with Gasteiger partial charge in [-0.3, -0.25) is 14.9 Å². The molecule has 11 heteroatoms. The Balaban J connectivity index is 2.16.